The van der Waals surface area contributed by atoms with Crippen LogP contribution in [0, 0.1) is 0 Å². The van der Waals surface area contributed by atoms with Crippen molar-refractivity contribution in [2.24, 2.45) is 0 Å². The van der Waals surface area contributed by atoms with E-state index in [-0.39, 0.29) is 5.03 Å². The van der Waals surface area contributed by atoms with Gasteiger partial charge in [0.05, 0.1) is 16.6 Å². The molecule has 136 valence electrons. The summed E-state index contributed by atoms with van der Waals surface area (Å²) in [7, 11) is -1.25. The predicted octanol–water partition coefficient (Wildman–Crippen LogP) is 1.70. The Bertz CT molecular complexity index is 630. The fourth-order valence-electron chi connectivity index (χ4n) is 2.61. The molecule has 0 radical (unpaired) electrons. The molecular weight excluding hydrogens is 324 g/mol. The third-order valence-electron chi connectivity index (χ3n) is 4.58. The Balaban J connectivity index is 1.93. The van der Waals surface area contributed by atoms with Crippen LogP contribution >= 0.6 is 0 Å². The summed E-state index contributed by atoms with van der Waals surface area (Å²) in [6.07, 6.45) is 1.61. The highest BCUT2D eigenvalue weighted by Crippen LogP contribution is 2.23. The van der Waals surface area contributed by atoms with Gasteiger partial charge < -0.3 is 10.2 Å². The fourth-order valence-corrected chi connectivity index (χ4v) is 3.68. The van der Waals surface area contributed by atoms with Crippen LogP contribution in [0.3, 0.4) is 0 Å². The summed E-state index contributed by atoms with van der Waals surface area (Å²) in [5.41, 5.74) is 0.851. The van der Waals surface area contributed by atoms with E-state index in [1.54, 1.807) is 39.1 Å². The molecule has 0 bridgehead atoms. The Kier molecular flexibility index (Phi) is 5.88. The van der Waals surface area contributed by atoms with Gasteiger partial charge in [-0.3, -0.25) is 4.90 Å². The number of likely N-dealkylation sites (N-methyl/N-ethyl adjacent to an activating group) is 1. The average Bonchev–Trinajstić information content (AvgIpc) is 2.52. The molecule has 0 spiro atoms. The number of hydrogen-bond donors (Lipinski definition) is 1. The van der Waals surface area contributed by atoms with Crippen LogP contribution in [0.2, 0.25) is 0 Å². The lowest BCUT2D eigenvalue weighted by Gasteiger charge is -2.36. The first kappa shape index (κ1) is 19.1. The number of pyridine rings is 1. The molecule has 0 amide bonds. The molecule has 1 atom stereocenters. The van der Waals surface area contributed by atoms with Gasteiger partial charge in [0.15, 0.2) is 14.9 Å². The summed E-state index contributed by atoms with van der Waals surface area (Å²) >= 11 is 0. The van der Waals surface area contributed by atoms with Crippen molar-refractivity contribution >= 4 is 15.5 Å². The second kappa shape index (κ2) is 7.37. The van der Waals surface area contributed by atoms with E-state index in [9.17, 15) is 8.42 Å². The maximum absolute atomic E-state index is 12.4. The quantitative estimate of drug-likeness (QED) is 0.868. The maximum Gasteiger partial charge on any atom is 0.200 e. The zero-order valence-corrected chi connectivity index (χ0v) is 16.2. The lowest BCUT2D eigenvalue weighted by atomic mass is 10.2. The van der Waals surface area contributed by atoms with E-state index in [1.165, 1.54) is 0 Å². The Hall–Kier alpha value is -1.18. The lowest BCUT2D eigenvalue weighted by Crippen LogP contribution is -2.49. The first-order valence-electron chi connectivity index (χ1n) is 8.48. The first-order valence-corrected chi connectivity index (χ1v) is 9.97. The number of hydrogen-bond acceptors (Lipinski definition) is 6. The van der Waals surface area contributed by atoms with E-state index >= 15 is 0 Å². The molecule has 0 saturated carbocycles. The molecule has 1 saturated heterocycles. The van der Waals surface area contributed by atoms with Gasteiger partial charge in [-0.1, -0.05) is 0 Å². The van der Waals surface area contributed by atoms with Gasteiger partial charge in [0.1, 0.15) is 0 Å². The number of aromatic nitrogens is 1. The Morgan fingerprint density at radius 1 is 1.21 bits per heavy atom. The van der Waals surface area contributed by atoms with Gasteiger partial charge in [-0.05, 0) is 46.9 Å². The lowest BCUT2D eigenvalue weighted by molar-refractivity contribution is 0.123. The van der Waals surface area contributed by atoms with Crippen molar-refractivity contribution in [1.29, 1.82) is 0 Å². The zero-order chi connectivity index (χ0) is 18.0. The molecule has 1 fully saturated rings. The second-order valence-electron chi connectivity index (χ2n) is 7.57. The van der Waals surface area contributed by atoms with Crippen molar-refractivity contribution in [3.8, 4) is 0 Å². The van der Waals surface area contributed by atoms with Crippen LogP contribution in [0.15, 0.2) is 23.4 Å². The fraction of sp³-hybridized carbons (Fsp3) is 0.706. The number of nitrogens with zero attached hydrogens (tertiary/aromatic N) is 3. The van der Waals surface area contributed by atoms with Gasteiger partial charge in [-0.25, -0.2) is 13.4 Å². The molecule has 1 N–H and O–H groups in total. The minimum atomic E-state index is -3.40. The molecular formula is C17H30N4O2S. The van der Waals surface area contributed by atoms with Crippen LogP contribution in [0.4, 0.5) is 5.69 Å². The molecule has 0 aromatic carbocycles. The normalized spacial score (nSPS) is 19.2. The summed E-state index contributed by atoms with van der Waals surface area (Å²) in [5, 5.41) is 3.49. The Morgan fingerprint density at radius 2 is 1.83 bits per heavy atom. The number of piperazine rings is 1. The average molecular weight is 355 g/mol. The van der Waals surface area contributed by atoms with Crippen molar-refractivity contribution in [3.63, 3.8) is 0 Å². The van der Waals surface area contributed by atoms with Gasteiger partial charge in [-0.15, -0.1) is 0 Å². The minimum absolute atomic E-state index is 0.132. The molecule has 7 heteroatoms. The zero-order valence-electron chi connectivity index (χ0n) is 15.4. The van der Waals surface area contributed by atoms with Gasteiger partial charge >= 0.3 is 0 Å². The topological polar surface area (TPSA) is 65.5 Å². The first-order chi connectivity index (χ1) is 11.1. The molecule has 0 aliphatic carbocycles. The van der Waals surface area contributed by atoms with E-state index in [0.717, 1.165) is 38.4 Å². The van der Waals surface area contributed by atoms with E-state index in [4.69, 9.17) is 0 Å². The Labute approximate surface area is 146 Å². The Morgan fingerprint density at radius 3 is 2.33 bits per heavy atom. The highest BCUT2D eigenvalue weighted by Gasteiger charge is 2.31. The van der Waals surface area contributed by atoms with Gasteiger partial charge in [-0.2, -0.15) is 0 Å². The molecule has 1 aliphatic rings. The molecule has 6 nitrogen and oxygen atoms in total. The van der Waals surface area contributed by atoms with Gasteiger partial charge in [0, 0.05) is 38.8 Å². The van der Waals surface area contributed by atoms with Crippen LogP contribution < -0.4 is 5.32 Å². The number of anilines is 1. The molecule has 1 aromatic heterocycles. The highest BCUT2D eigenvalue weighted by atomic mass is 32.2. The van der Waals surface area contributed by atoms with Crippen LogP contribution in [0.25, 0.3) is 0 Å². The molecule has 2 heterocycles. The van der Waals surface area contributed by atoms with Gasteiger partial charge in [0.2, 0.25) is 0 Å². The molecule has 1 aromatic rings. The maximum atomic E-state index is 12.4. The van der Waals surface area contributed by atoms with E-state index in [1.807, 2.05) is 0 Å². The van der Waals surface area contributed by atoms with Crippen LogP contribution in [0.5, 0.6) is 0 Å². The largest absolute Gasteiger partial charge is 0.382 e. The minimum Gasteiger partial charge on any atom is -0.382 e. The predicted molar refractivity (Wildman–Crippen MR) is 98.2 cm³/mol. The van der Waals surface area contributed by atoms with E-state index in [2.05, 4.69) is 34.1 Å². The van der Waals surface area contributed by atoms with Crippen LogP contribution in [0.1, 0.15) is 27.7 Å². The number of rotatable bonds is 5. The standard InChI is InChI=1S/C17H30N4O2S/c1-14(21-10-8-20(5)9-11-21)12-18-15-6-7-16(19-13-15)24(22,23)17(2,3)4/h6-7,13-14,18H,8-12H2,1-5H3. The van der Waals surface area contributed by atoms with E-state index < -0.39 is 14.6 Å². The monoisotopic (exact) mass is 354 g/mol. The van der Waals surface area contributed by atoms with Crippen molar-refractivity contribution in [1.82, 2.24) is 14.8 Å². The van der Waals surface area contributed by atoms with Crippen molar-refractivity contribution in [2.45, 2.75) is 43.5 Å². The summed E-state index contributed by atoms with van der Waals surface area (Å²) < 4.78 is 23.9. The third kappa shape index (κ3) is 4.46. The smallest absolute Gasteiger partial charge is 0.200 e. The molecule has 2 rings (SSSR count). The highest BCUT2D eigenvalue weighted by molar-refractivity contribution is 7.92. The second-order valence-corrected chi connectivity index (χ2v) is 10.2. The van der Waals surface area contributed by atoms with E-state index in [0.29, 0.717) is 6.04 Å². The molecule has 1 unspecified atom stereocenters. The van der Waals surface area contributed by atoms with Crippen molar-refractivity contribution in [2.75, 3.05) is 45.1 Å². The van der Waals surface area contributed by atoms with Crippen LogP contribution in [-0.2, 0) is 9.84 Å². The SMILES string of the molecule is CC(CNc1ccc(S(=O)(=O)C(C)(C)C)nc1)N1CCN(C)CC1. The summed E-state index contributed by atoms with van der Waals surface area (Å²) in [6, 6.07) is 3.81. The number of nitrogens with one attached hydrogen (secondary N) is 1. The number of sulfone groups is 1. The third-order valence-corrected chi connectivity index (χ3v) is 6.99. The summed E-state index contributed by atoms with van der Waals surface area (Å²) in [4.78, 5) is 8.96. The van der Waals surface area contributed by atoms with Crippen LogP contribution in [-0.4, -0.2) is 73.8 Å². The van der Waals surface area contributed by atoms with Crippen molar-refractivity contribution in [3.05, 3.63) is 18.3 Å². The molecule has 1 aliphatic heterocycles. The summed E-state index contributed by atoms with van der Waals surface area (Å²) in [6.45, 7) is 12.5. The van der Waals surface area contributed by atoms with Crippen molar-refractivity contribution < 1.29 is 8.42 Å². The van der Waals surface area contributed by atoms with Gasteiger partial charge in [0.25, 0.3) is 0 Å². The summed E-state index contributed by atoms with van der Waals surface area (Å²) in [5.74, 6) is 0. The molecule has 24 heavy (non-hydrogen) atoms.